The minimum atomic E-state index is -0.123. The molecule has 0 atom stereocenters. The summed E-state index contributed by atoms with van der Waals surface area (Å²) in [6.07, 6.45) is 8.55. The molecule has 20 heavy (non-hydrogen) atoms. The van der Waals surface area contributed by atoms with Crippen molar-refractivity contribution < 1.29 is 4.79 Å². The number of piperidine rings is 1. The second-order valence-electron chi connectivity index (χ2n) is 8.00. The Balaban J connectivity index is 2.17. The van der Waals surface area contributed by atoms with Gasteiger partial charge >= 0.3 is 0 Å². The van der Waals surface area contributed by atoms with Crippen LogP contribution in [0.1, 0.15) is 65.7 Å². The van der Waals surface area contributed by atoms with Gasteiger partial charge in [0, 0.05) is 5.54 Å². The van der Waals surface area contributed by atoms with Gasteiger partial charge in [-0.05, 0) is 72.5 Å². The van der Waals surface area contributed by atoms with Crippen LogP contribution in [0, 0.1) is 11.3 Å². The second-order valence-corrected chi connectivity index (χ2v) is 8.00. The maximum absolute atomic E-state index is 13.0. The molecule has 1 aliphatic carbocycles. The molecule has 0 unspecified atom stereocenters. The Morgan fingerprint density at radius 3 is 2.15 bits per heavy atom. The first kappa shape index (κ1) is 15.8. The molecule has 2 fully saturated rings. The van der Waals surface area contributed by atoms with Crippen molar-refractivity contribution in [1.29, 1.82) is 0 Å². The number of likely N-dealkylation sites (tertiary alicyclic amines) is 1. The first-order valence-electron chi connectivity index (χ1n) is 8.35. The summed E-state index contributed by atoms with van der Waals surface area (Å²) in [5.41, 5.74) is -0.220. The Morgan fingerprint density at radius 2 is 1.65 bits per heavy atom. The normalized spacial score (nSPS) is 25.4. The van der Waals surface area contributed by atoms with E-state index in [0.29, 0.717) is 11.8 Å². The van der Waals surface area contributed by atoms with Gasteiger partial charge < -0.3 is 10.2 Å². The van der Waals surface area contributed by atoms with Crippen molar-refractivity contribution in [2.24, 2.45) is 11.3 Å². The fourth-order valence-corrected chi connectivity index (χ4v) is 3.96. The standard InChI is InChI=1S/C17H32N2O/c1-16(2,3)18-15(20)17(10-12-19(4)13-11-17)14-8-6-5-7-9-14/h14H,5-13H2,1-4H3,(H,18,20). The molecular weight excluding hydrogens is 248 g/mol. The molecule has 1 aliphatic heterocycles. The molecule has 0 spiro atoms. The summed E-state index contributed by atoms with van der Waals surface area (Å²) in [7, 11) is 2.17. The number of nitrogens with one attached hydrogen (secondary N) is 1. The Kier molecular flexibility index (Phi) is 4.78. The molecule has 1 heterocycles. The lowest BCUT2D eigenvalue weighted by Crippen LogP contribution is -2.56. The van der Waals surface area contributed by atoms with Crippen molar-refractivity contribution in [2.75, 3.05) is 20.1 Å². The van der Waals surface area contributed by atoms with Crippen molar-refractivity contribution in [3.05, 3.63) is 0 Å². The van der Waals surface area contributed by atoms with E-state index >= 15 is 0 Å². The lowest BCUT2D eigenvalue weighted by Gasteiger charge is -2.47. The second kappa shape index (κ2) is 6.05. The van der Waals surface area contributed by atoms with Gasteiger partial charge in [0.2, 0.25) is 5.91 Å². The van der Waals surface area contributed by atoms with Crippen LogP contribution in [0.2, 0.25) is 0 Å². The van der Waals surface area contributed by atoms with Crippen molar-refractivity contribution in [1.82, 2.24) is 10.2 Å². The van der Waals surface area contributed by atoms with Gasteiger partial charge in [0.1, 0.15) is 0 Å². The number of carbonyl (C=O) groups is 1. The molecule has 2 aliphatic rings. The van der Waals surface area contributed by atoms with Crippen molar-refractivity contribution in [2.45, 2.75) is 71.3 Å². The lowest BCUT2D eigenvalue weighted by molar-refractivity contribution is -0.140. The summed E-state index contributed by atoms with van der Waals surface area (Å²) >= 11 is 0. The van der Waals surface area contributed by atoms with E-state index in [2.05, 4.69) is 38.0 Å². The van der Waals surface area contributed by atoms with Crippen LogP contribution >= 0.6 is 0 Å². The summed E-state index contributed by atoms with van der Waals surface area (Å²) in [6.45, 7) is 8.40. The number of amides is 1. The number of rotatable bonds is 2. The molecule has 0 aromatic rings. The molecule has 116 valence electrons. The lowest BCUT2D eigenvalue weighted by atomic mass is 9.63. The Hall–Kier alpha value is -0.570. The van der Waals surface area contributed by atoms with Gasteiger partial charge in [-0.1, -0.05) is 19.3 Å². The minimum absolute atomic E-state index is 0.0970. The molecule has 3 heteroatoms. The van der Waals surface area contributed by atoms with Crippen LogP contribution in [0.15, 0.2) is 0 Å². The molecule has 2 rings (SSSR count). The fourth-order valence-electron chi connectivity index (χ4n) is 3.96. The summed E-state index contributed by atoms with van der Waals surface area (Å²) in [5, 5.41) is 3.28. The number of hydrogen-bond donors (Lipinski definition) is 1. The average molecular weight is 280 g/mol. The van der Waals surface area contributed by atoms with Crippen LogP contribution in [-0.2, 0) is 4.79 Å². The van der Waals surface area contributed by atoms with E-state index in [0.717, 1.165) is 25.9 Å². The summed E-state index contributed by atoms with van der Waals surface area (Å²) < 4.78 is 0. The van der Waals surface area contributed by atoms with E-state index in [1.807, 2.05) is 0 Å². The highest BCUT2D eigenvalue weighted by Gasteiger charge is 2.47. The molecule has 1 saturated carbocycles. The van der Waals surface area contributed by atoms with Gasteiger partial charge in [-0.15, -0.1) is 0 Å². The quantitative estimate of drug-likeness (QED) is 0.842. The van der Waals surface area contributed by atoms with E-state index in [1.54, 1.807) is 0 Å². The highest BCUT2D eigenvalue weighted by atomic mass is 16.2. The third kappa shape index (κ3) is 3.55. The molecule has 0 aromatic heterocycles. The highest BCUT2D eigenvalue weighted by molar-refractivity contribution is 5.83. The van der Waals surface area contributed by atoms with Gasteiger partial charge in [-0.25, -0.2) is 0 Å². The number of hydrogen-bond acceptors (Lipinski definition) is 2. The SMILES string of the molecule is CN1CCC(C(=O)NC(C)(C)C)(C2CCCCC2)CC1. The van der Waals surface area contributed by atoms with E-state index in [9.17, 15) is 4.79 Å². The third-order valence-electron chi connectivity index (χ3n) is 5.21. The molecule has 3 nitrogen and oxygen atoms in total. The van der Waals surface area contributed by atoms with Crippen LogP contribution in [0.3, 0.4) is 0 Å². The minimum Gasteiger partial charge on any atom is -0.351 e. The Bertz CT molecular complexity index is 331. The van der Waals surface area contributed by atoms with Crippen LogP contribution < -0.4 is 5.32 Å². The van der Waals surface area contributed by atoms with Gasteiger partial charge in [-0.2, -0.15) is 0 Å². The van der Waals surface area contributed by atoms with Gasteiger partial charge in [0.15, 0.2) is 0 Å². The predicted molar refractivity (Wildman–Crippen MR) is 83.6 cm³/mol. The molecule has 0 aromatic carbocycles. The molecule has 0 bridgehead atoms. The van der Waals surface area contributed by atoms with Crippen LogP contribution in [0.5, 0.6) is 0 Å². The number of carbonyl (C=O) groups excluding carboxylic acids is 1. The fraction of sp³-hybridized carbons (Fsp3) is 0.941. The smallest absolute Gasteiger partial charge is 0.226 e. The Labute approximate surface area is 124 Å². The highest BCUT2D eigenvalue weighted by Crippen LogP contribution is 2.46. The van der Waals surface area contributed by atoms with Crippen LogP contribution in [-0.4, -0.2) is 36.5 Å². The first-order valence-corrected chi connectivity index (χ1v) is 8.35. The molecule has 1 N–H and O–H groups in total. The molecule has 1 saturated heterocycles. The molecule has 0 radical (unpaired) electrons. The zero-order valence-electron chi connectivity index (χ0n) is 13.8. The number of nitrogens with zero attached hydrogens (tertiary/aromatic N) is 1. The summed E-state index contributed by atoms with van der Waals surface area (Å²) in [6, 6.07) is 0. The van der Waals surface area contributed by atoms with Crippen LogP contribution in [0.4, 0.5) is 0 Å². The predicted octanol–water partition coefficient (Wildman–Crippen LogP) is 3.19. The van der Waals surface area contributed by atoms with E-state index < -0.39 is 0 Å². The van der Waals surface area contributed by atoms with Crippen LogP contribution in [0.25, 0.3) is 0 Å². The average Bonchev–Trinajstić information content (AvgIpc) is 2.39. The zero-order chi connectivity index (χ0) is 14.8. The summed E-state index contributed by atoms with van der Waals surface area (Å²) in [5.74, 6) is 0.928. The maximum atomic E-state index is 13.0. The van der Waals surface area contributed by atoms with Crippen molar-refractivity contribution >= 4 is 5.91 Å². The largest absolute Gasteiger partial charge is 0.351 e. The van der Waals surface area contributed by atoms with Gasteiger partial charge in [0.05, 0.1) is 5.41 Å². The molecule has 1 amide bonds. The van der Waals surface area contributed by atoms with E-state index in [4.69, 9.17) is 0 Å². The maximum Gasteiger partial charge on any atom is 0.226 e. The first-order chi connectivity index (χ1) is 9.33. The molecular formula is C17H32N2O. The van der Waals surface area contributed by atoms with Gasteiger partial charge in [-0.3, -0.25) is 4.79 Å². The van der Waals surface area contributed by atoms with Crippen molar-refractivity contribution in [3.63, 3.8) is 0 Å². The Morgan fingerprint density at radius 1 is 1.10 bits per heavy atom. The third-order valence-corrected chi connectivity index (χ3v) is 5.21. The van der Waals surface area contributed by atoms with E-state index in [-0.39, 0.29) is 11.0 Å². The zero-order valence-corrected chi connectivity index (χ0v) is 13.8. The monoisotopic (exact) mass is 280 g/mol. The summed E-state index contributed by atoms with van der Waals surface area (Å²) in [4.78, 5) is 15.4. The topological polar surface area (TPSA) is 32.3 Å². The van der Waals surface area contributed by atoms with Crippen molar-refractivity contribution in [3.8, 4) is 0 Å². The van der Waals surface area contributed by atoms with E-state index in [1.165, 1.54) is 32.1 Å². The van der Waals surface area contributed by atoms with Gasteiger partial charge in [0.25, 0.3) is 0 Å².